The third-order valence-corrected chi connectivity index (χ3v) is 2.66. The Labute approximate surface area is 122 Å². The predicted molar refractivity (Wildman–Crippen MR) is 69.3 cm³/mol. The second-order valence-corrected chi connectivity index (χ2v) is 4.08. The molecular weight excluding hydrogens is 302 g/mol. The second kappa shape index (κ2) is 6.20. The number of hydrogen-bond donors (Lipinski definition) is 2. The molecule has 1 saturated heterocycles. The molecule has 1 fully saturated rings. The molecule has 0 aromatic heterocycles. The van der Waals surface area contributed by atoms with Crippen LogP contribution in [0.1, 0.15) is 5.56 Å². The summed E-state index contributed by atoms with van der Waals surface area (Å²) in [6.07, 6.45) is 1.19. The van der Waals surface area contributed by atoms with Crippen LogP contribution in [0.4, 0.5) is 13.6 Å². The van der Waals surface area contributed by atoms with Crippen molar-refractivity contribution >= 4 is 23.9 Å². The standard InChI is InChI=1S/C13H10F2N2O5/c1-21-9-5-6(2-3-8(9)22-12(14)15)4-7-10(18)16-13(20)17-11(7)19/h2-5,12H,1H3,(H2,16,17,18,19,20). The molecule has 0 saturated carbocycles. The number of hydrogen-bond acceptors (Lipinski definition) is 5. The first kappa shape index (κ1) is 15.4. The highest BCUT2D eigenvalue weighted by Gasteiger charge is 2.27. The van der Waals surface area contributed by atoms with E-state index < -0.39 is 24.5 Å². The molecule has 2 N–H and O–H groups in total. The number of imide groups is 2. The average molecular weight is 312 g/mol. The fourth-order valence-electron chi connectivity index (χ4n) is 1.74. The predicted octanol–water partition coefficient (Wildman–Crippen LogP) is 1.05. The normalized spacial score (nSPS) is 14.5. The Morgan fingerprint density at radius 2 is 1.73 bits per heavy atom. The zero-order chi connectivity index (χ0) is 16.3. The van der Waals surface area contributed by atoms with E-state index in [-0.39, 0.29) is 17.1 Å². The summed E-state index contributed by atoms with van der Waals surface area (Å²) in [4.78, 5) is 34.1. The topological polar surface area (TPSA) is 93.7 Å². The van der Waals surface area contributed by atoms with E-state index in [2.05, 4.69) is 4.74 Å². The highest BCUT2D eigenvalue weighted by atomic mass is 19.3. The Bertz CT molecular complexity index is 650. The quantitative estimate of drug-likeness (QED) is 0.640. The highest BCUT2D eigenvalue weighted by Crippen LogP contribution is 2.30. The summed E-state index contributed by atoms with van der Waals surface area (Å²) >= 11 is 0. The van der Waals surface area contributed by atoms with Crippen molar-refractivity contribution in [3.8, 4) is 11.5 Å². The van der Waals surface area contributed by atoms with Crippen molar-refractivity contribution in [2.75, 3.05) is 7.11 Å². The summed E-state index contributed by atoms with van der Waals surface area (Å²) in [7, 11) is 1.25. The monoisotopic (exact) mass is 312 g/mol. The summed E-state index contributed by atoms with van der Waals surface area (Å²) in [6.45, 7) is -3.01. The minimum atomic E-state index is -3.01. The number of rotatable bonds is 4. The van der Waals surface area contributed by atoms with Crippen LogP contribution in [0.5, 0.6) is 11.5 Å². The van der Waals surface area contributed by atoms with Gasteiger partial charge in [0.15, 0.2) is 11.5 Å². The molecule has 0 unspecified atom stereocenters. The van der Waals surface area contributed by atoms with E-state index in [0.29, 0.717) is 5.56 Å². The lowest BCUT2D eigenvalue weighted by Gasteiger charge is -2.14. The Balaban J connectivity index is 2.33. The Morgan fingerprint density at radius 1 is 1.09 bits per heavy atom. The van der Waals surface area contributed by atoms with Crippen molar-refractivity contribution in [2.45, 2.75) is 6.61 Å². The zero-order valence-corrected chi connectivity index (χ0v) is 11.2. The van der Waals surface area contributed by atoms with Gasteiger partial charge in [-0.1, -0.05) is 6.07 Å². The first-order valence-electron chi connectivity index (χ1n) is 5.92. The summed E-state index contributed by atoms with van der Waals surface area (Å²) in [5.41, 5.74) is 0.0253. The van der Waals surface area contributed by atoms with Gasteiger partial charge in [0.2, 0.25) is 0 Å². The van der Waals surface area contributed by atoms with E-state index in [1.165, 1.54) is 31.4 Å². The zero-order valence-electron chi connectivity index (χ0n) is 11.2. The van der Waals surface area contributed by atoms with E-state index >= 15 is 0 Å². The molecule has 1 aromatic carbocycles. The van der Waals surface area contributed by atoms with Gasteiger partial charge in [-0.3, -0.25) is 20.2 Å². The molecule has 4 amide bonds. The van der Waals surface area contributed by atoms with Crippen molar-refractivity contribution in [3.63, 3.8) is 0 Å². The van der Waals surface area contributed by atoms with Gasteiger partial charge in [-0.25, -0.2) is 4.79 Å². The van der Waals surface area contributed by atoms with Gasteiger partial charge in [0.1, 0.15) is 5.57 Å². The van der Waals surface area contributed by atoms with Crippen molar-refractivity contribution in [3.05, 3.63) is 29.3 Å². The second-order valence-electron chi connectivity index (χ2n) is 4.08. The smallest absolute Gasteiger partial charge is 0.387 e. The summed E-state index contributed by atoms with van der Waals surface area (Å²) in [5, 5.41) is 3.83. The van der Waals surface area contributed by atoms with Gasteiger partial charge in [0.05, 0.1) is 7.11 Å². The number of nitrogens with one attached hydrogen (secondary N) is 2. The lowest BCUT2D eigenvalue weighted by Crippen LogP contribution is -2.51. The summed E-state index contributed by atoms with van der Waals surface area (Å²) in [6, 6.07) is 2.96. The minimum absolute atomic E-state index is 0.00218. The third kappa shape index (κ3) is 3.37. The number of barbiturate groups is 1. The molecule has 7 nitrogen and oxygen atoms in total. The van der Waals surface area contributed by atoms with Gasteiger partial charge in [0, 0.05) is 0 Å². The van der Waals surface area contributed by atoms with Crippen LogP contribution in [0.15, 0.2) is 23.8 Å². The van der Waals surface area contributed by atoms with Crippen molar-refractivity contribution in [2.24, 2.45) is 0 Å². The van der Waals surface area contributed by atoms with Crippen molar-refractivity contribution in [1.29, 1.82) is 0 Å². The highest BCUT2D eigenvalue weighted by molar-refractivity contribution is 6.31. The molecule has 9 heteroatoms. The Hall–Kier alpha value is -2.97. The number of ether oxygens (including phenoxy) is 2. The first-order chi connectivity index (χ1) is 10.4. The number of amides is 4. The number of alkyl halides is 2. The van der Waals surface area contributed by atoms with E-state index in [1.807, 2.05) is 10.6 Å². The lowest BCUT2D eigenvalue weighted by molar-refractivity contribution is -0.123. The maximum atomic E-state index is 12.2. The van der Waals surface area contributed by atoms with Crippen LogP contribution in [0.25, 0.3) is 6.08 Å². The number of benzene rings is 1. The van der Waals surface area contributed by atoms with Gasteiger partial charge in [-0.05, 0) is 23.8 Å². The van der Waals surface area contributed by atoms with Crippen LogP contribution in [0, 0.1) is 0 Å². The number of carbonyl (C=O) groups is 3. The fourth-order valence-corrected chi connectivity index (χ4v) is 1.74. The number of carbonyl (C=O) groups excluding carboxylic acids is 3. The van der Waals surface area contributed by atoms with Crippen molar-refractivity contribution < 1.29 is 32.6 Å². The molecule has 0 spiro atoms. The van der Waals surface area contributed by atoms with Gasteiger partial charge in [-0.15, -0.1) is 0 Å². The molecule has 1 aromatic rings. The molecule has 116 valence electrons. The van der Waals surface area contributed by atoms with Gasteiger partial charge >= 0.3 is 12.6 Å². The number of urea groups is 1. The summed E-state index contributed by atoms with van der Waals surface area (Å²) in [5.74, 6) is -1.91. The molecule has 22 heavy (non-hydrogen) atoms. The Morgan fingerprint density at radius 3 is 2.27 bits per heavy atom. The minimum Gasteiger partial charge on any atom is -0.493 e. The van der Waals surface area contributed by atoms with E-state index in [0.717, 1.165) is 0 Å². The van der Waals surface area contributed by atoms with E-state index in [1.54, 1.807) is 0 Å². The molecule has 1 heterocycles. The maximum absolute atomic E-state index is 12.2. The lowest BCUT2D eigenvalue weighted by atomic mass is 10.1. The maximum Gasteiger partial charge on any atom is 0.387 e. The van der Waals surface area contributed by atoms with Crippen LogP contribution in [0.3, 0.4) is 0 Å². The van der Waals surface area contributed by atoms with Gasteiger partial charge < -0.3 is 9.47 Å². The molecule has 1 aliphatic rings. The molecule has 0 radical (unpaired) electrons. The third-order valence-electron chi connectivity index (χ3n) is 2.66. The molecule has 0 atom stereocenters. The van der Waals surface area contributed by atoms with Crippen LogP contribution in [0.2, 0.25) is 0 Å². The SMILES string of the molecule is COc1cc(C=C2C(=O)NC(=O)NC2=O)ccc1OC(F)F. The fraction of sp³-hybridized carbons (Fsp3) is 0.154. The molecule has 1 aliphatic heterocycles. The molecule has 0 aliphatic carbocycles. The van der Waals surface area contributed by atoms with Gasteiger partial charge in [0.25, 0.3) is 11.8 Å². The molecular formula is C13H10F2N2O5. The average Bonchev–Trinajstić information content (AvgIpc) is 2.43. The van der Waals surface area contributed by atoms with Crippen LogP contribution < -0.4 is 20.1 Å². The van der Waals surface area contributed by atoms with Crippen LogP contribution in [-0.2, 0) is 9.59 Å². The largest absolute Gasteiger partial charge is 0.493 e. The Kier molecular flexibility index (Phi) is 4.35. The van der Waals surface area contributed by atoms with E-state index in [4.69, 9.17) is 4.74 Å². The van der Waals surface area contributed by atoms with Crippen molar-refractivity contribution in [1.82, 2.24) is 10.6 Å². The first-order valence-corrected chi connectivity index (χ1v) is 5.92. The summed E-state index contributed by atoms with van der Waals surface area (Å²) < 4.78 is 33.6. The molecule has 2 rings (SSSR count). The van der Waals surface area contributed by atoms with Gasteiger partial charge in [-0.2, -0.15) is 8.78 Å². The number of methoxy groups -OCH3 is 1. The van der Waals surface area contributed by atoms with E-state index in [9.17, 15) is 23.2 Å². The number of halogens is 2. The molecule has 0 bridgehead atoms. The van der Waals surface area contributed by atoms with Crippen LogP contribution in [-0.4, -0.2) is 31.6 Å². The van der Waals surface area contributed by atoms with Crippen LogP contribution >= 0.6 is 0 Å².